The number of aromatic nitrogens is 2. The third-order valence-electron chi connectivity index (χ3n) is 5.96. The minimum atomic E-state index is -0.152. The molecule has 0 unspecified atom stereocenters. The molecule has 1 aromatic heterocycles. The molecule has 3 aliphatic rings. The van der Waals surface area contributed by atoms with Gasteiger partial charge in [0, 0.05) is 49.9 Å². The van der Waals surface area contributed by atoms with Gasteiger partial charge in [0.15, 0.2) is 0 Å². The fraction of sp³-hybridized carbons (Fsp3) is 0.500. The van der Waals surface area contributed by atoms with Crippen LogP contribution in [-0.4, -0.2) is 34.0 Å². The van der Waals surface area contributed by atoms with Gasteiger partial charge in [-0.05, 0) is 43.4 Å². The highest BCUT2D eigenvalue weighted by Gasteiger charge is 2.41. The van der Waals surface area contributed by atoms with Gasteiger partial charge in [0.2, 0.25) is 5.95 Å². The number of nitrogens with zero attached hydrogens (tertiary/aromatic N) is 4. The highest BCUT2D eigenvalue weighted by Crippen LogP contribution is 2.44. The lowest BCUT2D eigenvalue weighted by Crippen LogP contribution is -2.38. The quantitative estimate of drug-likeness (QED) is 0.858. The van der Waals surface area contributed by atoms with E-state index in [-0.39, 0.29) is 5.82 Å². The molecule has 3 aliphatic heterocycles. The Bertz CT molecular complexity index is 787. The van der Waals surface area contributed by atoms with Crippen LogP contribution in [0.4, 0.5) is 10.3 Å². The summed E-state index contributed by atoms with van der Waals surface area (Å²) in [5.74, 6) is 0.759. The number of rotatable bonds is 3. The third-order valence-corrected chi connectivity index (χ3v) is 5.96. The van der Waals surface area contributed by atoms with E-state index in [1.807, 2.05) is 6.07 Å². The maximum atomic E-state index is 13.5. The first kappa shape index (κ1) is 15.3. The van der Waals surface area contributed by atoms with Crippen molar-refractivity contribution in [3.63, 3.8) is 0 Å². The van der Waals surface area contributed by atoms with Crippen molar-refractivity contribution < 1.29 is 4.39 Å². The molecule has 0 amide bonds. The zero-order valence-corrected chi connectivity index (χ0v) is 14.4. The molecule has 25 heavy (non-hydrogen) atoms. The van der Waals surface area contributed by atoms with Crippen molar-refractivity contribution in [3.8, 4) is 0 Å². The van der Waals surface area contributed by atoms with E-state index in [0.717, 1.165) is 44.0 Å². The summed E-state index contributed by atoms with van der Waals surface area (Å²) in [5.41, 5.74) is 3.57. The van der Waals surface area contributed by atoms with Crippen molar-refractivity contribution in [1.82, 2.24) is 14.9 Å². The van der Waals surface area contributed by atoms with Crippen molar-refractivity contribution in [2.24, 2.45) is 0 Å². The smallest absolute Gasteiger partial charge is 0.225 e. The molecule has 4 heterocycles. The predicted octanol–water partition coefficient (Wildman–Crippen LogP) is 3.48. The van der Waals surface area contributed by atoms with E-state index in [9.17, 15) is 4.39 Å². The van der Waals surface area contributed by atoms with Crippen molar-refractivity contribution >= 4 is 5.95 Å². The molecule has 0 saturated carbocycles. The van der Waals surface area contributed by atoms with Crippen molar-refractivity contribution in [2.45, 2.75) is 50.7 Å². The number of benzene rings is 1. The summed E-state index contributed by atoms with van der Waals surface area (Å²) in [6.45, 7) is 2.97. The summed E-state index contributed by atoms with van der Waals surface area (Å²) < 4.78 is 13.5. The molecule has 0 radical (unpaired) electrons. The van der Waals surface area contributed by atoms with E-state index >= 15 is 0 Å². The Morgan fingerprint density at radius 2 is 2.04 bits per heavy atom. The van der Waals surface area contributed by atoms with Gasteiger partial charge in [0.1, 0.15) is 5.82 Å². The first-order valence-corrected chi connectivity index (χ1v) is 9.39. The highest BCUT2D eigenvalue weighted by atomic mass is 19.1. The number of anilines is 1. The van der Waals surface area contributed by atoms with Gasteiger partial charge in [-0.2, -0.15) is 0 Å². The first-order chi connectivity index (χ1) is 12.3. The van der Waals surface area contributed by atoms with Gasteiger partial charge in [-0.25, -0.2) is 14.4 Å². The lowest BCUT2D eigenvalue weighted by atomic mass is 9.98. The Kier molecular flexibility index (Phi) is 3.70. The lowest BCUT2D eigenvalue weighted by Gasteiger charge is -2.36. The molecule has 5 heteroatoms. The molecular formula is C20H23FN4. The van der Waals surface area contributed by atoms with Crippen LogP contribution in [0.25, 0.3) is 0 Å². The molecule has 0 spiro atoms. The van der Waals surface area contributed by atoms with Gasteiger partial charge in [-0.1, -0.05) is 12.1 Å². The molecule has 2 atom stereocenters. The molecule has 2 fully saturated rings. The number of hydrogen-bond acceptors (Lipinski definition) is 4. The summed E-state index contributed by atoms with van der Waals surface area (Å²) >= 11 is 0. The molecule has 130 valence electrons. The van der Waals surface area contributed by atoms with Crippen LogP contribution < -0.4 is 4.90 Å². The van der Waals surface area contributed by atoms with Crippen LogP contribution in [0.3, 0.4) is 0 Å². The van der Waals surface area contributed by atoms with Crippen LogP contribution in [0.1, 0.15) is 48.5 Å². The number of halogens is 1. The van der Waals surface area contributed by atoms with Crippen molar-refractivity contribution in [1.29, 1.82) is 0 Å². The Hall–Kier alpha value is -2.01. The zero-order valence-electron chi connectivity index (χ0n) is 14.4. The van der Waals surface area contributed by atoms with Crippen LogP contribution in [0.15, 0.2) is 30.5 Å². The molecule has 2 aromatic rings. The normalized spacial score (nSPS) is 25.4. The summed E-state index contributed by atoms with van der Waals surface area (Å²) in [5, 5.41) is 0. The predicted molar refractivity (Wildman–Crippen MR) is 94.9 cm³/mol. The van der Waals surface area contributed by atoms with E-state index < -0.39 is 0 Å². The SMILES string of the molecule is Fc1cccc(CN2[C@@H]3CC[C@@H]2c2cnc(N4CCCC4)nc2C3)c1. The Labute approximate surface area is 147 Å². The molecule has 4 nitrogen and oxygen atoms in total. The average Bonchev–Trinajstić information content (AvgIpc) is 3.23. The molecule has 0 aliphatic carbocycles. The second kappa shape index (κ2) is 6.06. The second-order valence-electron chi connectivity index (χ2n) is 7.52. The van der Waals surface area contributed by atoms with Crippen LogP contribution in [0, 0.1) is 5.82 Å². The molecule has 2 bridgehead atoms. The van der Waals surface area contributed by atoms with Gasteiger partial charge in [0.25, 0.3) is 0 Å². The van der Waals surface area contributed by atoms with Crippen LogP contribution in [0.2, 0.25) is 0 Å². The number of hydrogen-bond donors (Lipinski definition) is 0. The summed E-state index contributed by atoms with van der Waals surface area (Å²) in [7, 11) is 0. The summed E-state index contributed by atoms with van der Waals surface area (Å²) in [4.78, 5) is 14.4. The van der Waals surface area contributed by atoms with Crippen molar-refractivity contribution in [3.05, 3.63) is 53.1 Å². The topological polar surface area (TPSA) is 32.3 Å². The van der Waals surface area contributed by atoms with Gasteiger partial charge < -0.3 is 4.90 Å². The standard InChI is InChI=1S/C20H23FN4/c21-15-5-3-4-14(10-15)13-25-16-6-7-19(25)17-12-22-20(23-18(17)11-16)24-8-1-2-9-24/h3-5,10,12,16,19H,1-2,6-9,11,13H2/t16-,19-/m1/s1. The van der Waals surface area contributed by atoms with Crippen molar-refractivity contribution in [2.75, 3.05) is 18.0 Å². The third kappa shape index (κ3) is 2.71. The Balaban J connectivity index is 1.42. The molecule has 5 rings (SSSR count). The zero-order chi connectivity index (χ0) is 16.8. The van der Waals surface area contributed by atoms with Gasteiger partial charge in [0.05, 0.1) is 5.69 Å². The molecule has 1 aromatic carbocycles. The minimum absolute atomic E-state index is 0.152. The van der Waals surface area contributed by atoms with Gasteiger partial charge in [-0.15, -0.1) is 0 Å². The Morgan fingerprint density at radius 3 is 2.88 bits per heavy atom. The Morgan fingerprint density at radius 1 is 1.16 bits per heavy atom. The van der Waals surface area contributed by atoms with Gasteiger partial charge in [-0.3, -0.25) is 4.90 Å². The van der Waals surface area contributed by atoms with Crippen LogP contribution >= 0.6 is 0 Å². The average molecular weight is 338 g/mol. The molecule has 2 saturated heterocycles. The maximum Gasteiger partial charge on any atom is 0.225 e. The second-order valence-corrected chi connectivity index (χ2v) is 7.52. The van der Waals surface area contributed by atoms with E-state index in [2.05, 4.69) is 21.0 Å². The minimum Gasteiger partial charge on any atom is -0.341 e. The first-order valence-electron chi connectivity index (χ1n) is 9.39. The van der Waals surface area contributed by atoms with E-state index in [4.69, 9.17) is 4.98 Å². The van der Waals surface area contributed by atoms with Crippen LogP contribution in [-0.2, 0) is 13.0 Å². The molecule has 0 N–H and O–H groups in total. The van der Waals surface area contributed by atoms with E-state index in [0.29, 0.717) is 12.1 Å². The van der Waals surface area contributed by atoms with E-state index in [1.54, 1.807) is 12.1 Å². The number of fused-ring (bicyclic) bond motifs is 4. The summed E-state index contributed by atoms with van der Waals surface area (Å²) in [6, 6.07) is 7.88. The highest BCUT2D eigenvalue weighted by molar-refractivity contribution is 5.38. The lowest BCUT2D eigenvalue weighted by molar-refractivity contribution is 0.166. The largest absolute Gasteiger partial charge is 0.341 e. The monoisotopic (exact) mass is 338 g/mol. The fourth-order valence-electron chi connectivity index (χ4n) is 4.73. The maximum absolute atomic E-state index is 13.5. The fourth-order valence-corrected chi connectivity index (χ4v) is 4.73. The van der Waals surface area contributed by atoms with Gasteiger partial charge >= 0.3 is 0 Å². The van der Waals surface area contributed by atoms with Crippen LogP contribution in [0.5, 0.6) is 0 Å². The summed E-state index contributed by atoms with van der Waals surface area (Å²) in [6.07, 6.45) is 7.88. The molecular weight excluding hydrogens is 315 g/mol. The van der Waals surface area contributed by atoms with E-state index in [1.165, 1.54) is 36.6 Å².